The van der Waals surface area contributed by atoms with E-state index in [4.69, 9.17) is 0 Å². The molecule has 0 N–H and O–H groups in total. The molecule has 0 amide bonds. The fraction of sp³-hybridized carbons (Fsp3) is 0.333. The minimum absolute atomic E-state index is 0.812. The lowest BCUT2D eigenvalue weighted by atomic mass is 10.3. The summed E-state index contributed by atoms with van der Waals surface area (Å²) in [5, 5.41) is 0. The SMILES string of the molecule is FC(F)C(F)(F)c1ccco1. The van der Waals surface area contributed by atoms with Crippen LogP contribution in [0.15, 0.2) is 22.8 Å². The second-order valence-corrected chi connectivity index (χ2v) is 1.90. The average molecular weight is 168 g/mol. The molecule has 0 spiro atoms. The molecule has 62 valence electrons. The third-order valence-corrected chi connectivity index (χ3v) is 1.12. The van der Waals surface area contributed by atoms with Gasteiger partial charge in [0.2, 0.25) is 0 Å². The molecule has 5 heteroatoms. The van der Waals surface area contributed by atoms with Crippen LogP contribution < -0.4 is 0 Å². The van der Waals surface area contributed by atoms with Gasteiger partial charge in [-0.3, -0.25) is 0 Å². The third-order valence-electron chi connectivity index (χ3n) is 1.12. The Labute approximate surface area is 59.6 Å². The first-order valence-electron chi connectivity index (χ1n) is 2.75. The maximum Gasteiger partial charge on any atom is 0.363 e. The highest BCUT2D eigenvalue weighted by atomic mass is 19.3. The Hall–Kier alpha value is -1.00. The van der Waals surface area contributed by atoms with E-state index in [0.29, 0.717) is 0 Å². The summed E-state index contributed by atoms with van der Waals surface area (Å²) in [6, 6.07) is 1.94. The predicted molar refractivity (Wildman–Crippen MR) is 28.6 cm³/mol. The van der Waals surface area contributed by atoms with Crippen molar-refractivity contribution in [3.05, 3.63) is 24.2 Å². The van der Waals surface area contributed by atoms with Gasteiger partial charge in [-0.1, -0.05) is 0 Å². The predicted octanol–water partition coefficient (Wildman–Crippen LogP) is 2.64. The van der Waals surface area contributed by atoms with Crippen LogP contribution in [0.4, 0.5) is 17.6 Å². The lowest BCUT2D eigenvalue weighted by molar-refractivity contribution is -0.147. The van der Waals surface area contributed by atoms with Gasteiger partial charge in [0.25, 0.3) is 0 Å². The smallest absolute Gasteiger partial charge is 0.363 e. The van der Waals surface area contributed by atoms with Gasteiger partial charge in [0, 0.05) is 0 Å². The zero-order valence-electron chi connectivity index (χ0n) is 5.23. The van der Waals surface area contributed by atoms with Crippen molar-refractivity contribution >= 4 is 0 Å². The van der Waals surface area contributed by atoms with Crippen LogP contribution in [0.5, 0.6) is 0 Å². The van der Waals surface area contributed by atoms with Crippen molar-refractivity contribution in [1.29, 1.82) is 0 Å². The van der Waals surface area contributed by atoms with Gasteiger partial charge >= 0.3 is 12.3 Å². The van der Waals surface area contributed by atoms with Crippen LogP contribution in [0.1, 0.15) is 5.76 Å². The molecule has 1 rings (SSSR count). The van der Waals surface area contributed by atoms with Crippen LogP contribution in [-0.4, -0.2) is 6.43 Å². The first-order valence-corrected chi connectivity index (χ1v) is 2.75. The molecule has 0 saturated carbocycles. The summed E-state index contributed by atoms with van der Waals surface area (Å²) in [6.07, 6.45) is -2.81. The van der Waals surface area contributed by atoms with E-state index in [1.165, 1.54) is 0 Å². The van der Waals surface area contributed by atoms with Crippen molar-refractivity contribution < 1.29 is 22.0 Å². The summed E-state index contributed by atoms with van der Waals surface area (Å²) in [6.45, 7) is 0. The van der Waals surface area contributed by atoms with Gasteiger partial charge in [0.05, 0.1) is 6.26 Å². The minimum atomic E-state index is -4.18. The van der Waals surface area contributed by atoms with Crippen molar-refractivity contribution in [2.45, 2.75) is 12.3 Å². The van der Waals surface area contributed by atoms with E-state index in [-0.39, 0.29) is 0 Å². The molecule has 1 nitrogen and oxygen atoms in total. The van der Waals surface area contributed by atoms with Crippen LogP contribution in [-0.2, 0) is 5.92 Å². The molecule has 0 aliphatic heterocycles. The lowest BCUT2D eigenvalue weighted by Gasteiger charge is -2.10. The van der Waals surface area contributed by atoms with Gasteiger partial charge in [-0.15, -0.1) is 0 Å². The Morgan fingerprint density at radius 2 is 2.00 bits per heavy atom. The van der Waals surface area contributed by atoms with Crippen LogP contribution in [0.25, 0.3) is 0 Å². The van der Waals surface area contributed by atoms with Crippen LogP contribution in [0, 0.1) is 0 Å². The zero-order chi connectivity index (χ0) is 8.48. The highest BCUT2D eigenvalue weighted by molar-refractivity contribution is 5.06. The largest absolute Gasteiger partial charge is 0.463 e. The second kappa shape index (κ2) is 2.56. The molecular weight excluding hydrogens is 164 g/mol. The maximum atomic E-state index is 12.3. The lowest BCUT2D eigenvalue weighted by Crippen LogP contribution is -2.22. The number of alkyl halides is 4. The van der Waals surface area contributed by atoms with Crippen molar-refractivity contribution in [2.24, 2.45) is 0 Å². The molecular formula is C6H4F4O. The molecule has 0 aromatic carbocycles. The zero-order valence-corrected chi connectivity index (χ0v) is 5.23. The molecule has 1 aromatic rings. The Bertz CT molecular complexity index is 216. The molecule has 1 heterocycles. The van der Waals surface area contributed by atoms with Crippen molar-refractivity contribution in [1.82, 2.24) is 0 Å². The van der Waals surface area contributed by atoms with Crippen LogP contribution >= 0.6 is 0 Å². The van der Waals surface area contributed by atoms with Crippen LogP contribution in [0.3, 0.4) is 0 Å². The Morgan fingerprint density at radius 1 is 1.36 bits per heavy atom. The monoisotopic (exact) mass is 168 g/mol. The van der Waals surface area contributed by atoms with Crippen LogP contribution in [0.2, 0.25) is 0 Å². The van der Waals surface area contributed by atoms with E-state index in [9.17, 15) is 17.6 Å². The standard InChI is InChI=1S/C6H4F4O/c7-5(8)6(9,10)4-2-1-3-11-4/h1-3,5H. The summed E-state index contributed by atoms with van der Waals surface area (Å²) in [5.74, 6) is -5.18. The van der Waals surface area contributed by atoms with Crippen molar-refractivity contribution in [3.63, 3.8) is 0 Å². The highest BCUT2D eigenvalue weighted by Gasteiger charge is 2.45. The average Bonchev–Trinajstić information content (AvgIpc) is 2.37. The molecule has 0 saturated heterocycles. The molecule has 0 aliphatic rings. The number of halogens is 4. The highest BCUT2D eigenvalue weighted by Crippen LogP contribution is 2.34. The van der Waals surface area contributed by atoms with E-state index in [0.717, 1.165) is 18.4 Å². The molecule has 0 unspecified atom stereocenters. The Balaban J connectivity index is 2.90. The normalized spacial score (nSPS) is 12.5. The minimum Gasteiger partial charge on any atom is -0.463 e. The van der Waals surface area contributed by atoms with Gasteiger partial charge in [-0.25, -0.2) is 8.78 Å². The molecule has 0 fully saturated rings. The first-order chi connectivity index (χ1) is 5.05. The molecule has 0 bridgehead atoms. The fourth-order valence-electron chi connectivity index (χ4n) is 0.576. The summed E-state index contributed by atoms with van der Waals surface area (Å²) in [7, 11) is 0. The summed E-state index contributed by atoms with van der Waals surface area (Å²) in [4.78, 5) is 0. The van der Waals surface area contributed by atoms with E-state index < -0.39 is 18.1 Å². The maximum absolute atomic E-state index is 12.3. The van der Waals surface area contributed by atoms with E-state index in [2.05, 4.69) is 4.42 Å². The first kappa shape index (κ1) is 8.10. The Kier molecular flexibility index (Phi) is 1.89. The van der Waals surface area contributed by atoms with Gasteiger partial charge in [-0.2, -0.15) is 8.78 Å². The fourth-order valence-corrected chi connectivity index (χ4v) is 0.576. The summed E-state index contributed by atoms with van der Waals surface area (Å²) >= 11 is 0. The third kappa shape index (κ3) is 1.36. The van der Waals surface area contributed by atoms with Gasteiger partial charge in [-0.05, 0) is 12.1 Å². The summed E-state index contributed by atoms with van der Waals surface area (Å²) in [5.41, 5.74) is 0. The van der Waals surface area contributed by atoms with E-state index in [1.54, 1.807) is 0 Å². The molecule has 1 aromatic heterocycles. The number of hydrogen-bond donors (Lipinski definition) is 0. The summed E-state index contributed by atoms with van der Waals surface area (Å²) < 4.78 is 51.8. The van der Waals surface area contributed by atoms with E-state index in [1.807, 2.05) is 0 Å². The van der Waals surface area contributed by atoms with Gasteiger partial charge < -0.3 is 4.42 Å². The number of rotatable bonds is 2. The molecule has 11 heavy (non-hydrogen) atoms. The molecule has 0 aliphatic carbocycles. The number of furan rings is 1. The second-order valence-electron chi connectivity index (χ2n) is 1.90. The van der Waals surface area contributed by atoms with Crippen molar-refractivity contribution in [3.8, 4) is 0 Å². The Morgan fingerprint density at radius 3 is 2.36 bits per heavy atom. The topological polar surface area (TPSA) is 13.1 Å². The van der Waals surface area contributed by atoms with Gasteiger partial charge in [0.1, 0.15) is 0 Å². The molecule has 0 atom stereocenters. The molecule has 0 radical (unpaired) electrons. The van der Waals surface area contributed by atoms with Gasteiger partial charge in [0.15, 0.2) is 5.76 Å². The number of hydrogen-bond acceptors (Lipinski definition) is 1. The van der Waals surface area contributed by atoms with Crippen molar-refractivity contribution in [2.75, 3.05) is 0 Å². The quantitative estimate of drug-likeness (QED) is 0.618. The van der Waals surface area contributed by atoms with E-state index >= 15 is 0 Å².